The molecular weight excluding hydrogens is 175 g/mol. The van der Waals surface area contributed by atoms with E-state index in [1.807, 2.05) is 0 Å². The number of allylic oxidation sites excluding steroid dienone is 1. The molecular formula is C6H14CoOSi-2. The number of rotatable bonds is 1. The normalized spacial score (nSPS) is 6.67. The van der Waals surface area contributed by atoms with E-state index in [1.54, 1.807) is 6.92 Å². The van der Waals surface area contributed by atoms with Crippen LogP contribution in [0.5, 0.6) is 0 Å². The number of hydrogen-bond donors (Lipinski definition) is 0. The summed E-state index contributed by atoms with van der Waals surface area (Å²) in [4.78, 5) is 0. The first kappa shape index (κ1) is 16.1. The summed E-state index contributed by atoms with van der Waals surface area (Å²) in [6.07, 6.45) is 2.50. The Kier molecular flexibility index (Phi) is 73.3. The summed E-state index contributed by atoms with van der Waals surface area (Å²) < 4.78 is 7.94. The van der Waals surface area contributed by atoms with Gasteiger partial charge in [0, 0.05) is 0 Å². The van der Waals surface area contributed by atoms with Crippen LogP contribution in [0, 0.1) is 13.0 Å². The molecule has 0 heterocycles. The molecule has 0 spiro atoms. The Morgan fingerprint density at radius 1 is 1.78 bits per heavy atom. The summed E-state index contributed by atoms with van der Waals surface area (Å²) in [5.41, 5.74) is 0. The minimum absolute atomic E-state index is 0.313. The molecule has 0 amide bonds. The molecule has 0 radical (unpaired) electrons. The van der Waals surface area contributed by atoms with Crippen molar-refractivity contribution in [3.8, 4) is 0 Å². The van der Waals surface area contributed by atoms with Crippen LogP contribution >= 0.6 is 0 Å². The molecule has 1 nitrogen and oxygen atoms in total. The van der Waals surface area contributed by atoms with Crippen molar-refractivity contribution in [1.82, 2.24) is 0 Å². The van der Waals surface area contributed by atoms with Gasteiger partial charge in [-0.2, -0.15) is 13.0 Å². The van der Waals surface area contributed by atoms with E-state index in [0.29, 0.717) is 9.52 Å². The molecule has 0 aliphatic heterocycles. The van der Waals surface area contributed by atoms with Crippen molar-refractivity contribution < 1.29 is 19.5 Å². The van der Waals surface area contributed by atoms with Crippen LogP contribution < -0.4 is 0 Å². The summed E-state index contributed by atoms with van der Waals surface area (Å²) >= 11 is 2.31. The zero-order valence-corrected chi connectivity index (χ0v) is 8.53. The second-order valence-corrected chi connectivity index (χ2v) is 2.91. The Morgan fingerprint density at radius 2 is 1.89 bits per heavy atom. The summed E-state index contributed by atoms with van der Waals surface area (Å²) in [5.74, 6) is 0. The van der Waals surface area contributed by atoms with Gasteiger partial charge in [0.25, 0.3) is 0 Å². The maximum absolute atomic E-state index is 7.94. The molecule has 0 rings (SSSR count). The van der Waals surface area contributed by atoms with Crippen LogP contribution in [0.2, 0.25) is 12.6 Å². The molecule has 0 aliphatic rings. The summed E-state index contributed by atoms with van der Waals surface area (Å²) in [6.45, 7) is 10.9. The van der Waals surface area contributed by atoms with Crippen LogP contribution in [0.4, 0.5) is 0 Å². The SMILES string of the molecule is C=[C-]C.[CH2-]C[SiH2]C.[O]=[Co]. The van der Waals surface area contributed by atoms with Crippen molar-refractivity contribution in [3.63, 3.8) is 0 Å². The van der Waals surface area contributed by atoms with Gasteiger partial charge in [0.05, 0.1) is 0 Å². The molecule has 3 heteroatoms. The predicted octanol–water partition coefficient (Wildman–Crippen LogP) is 1.33. The van der Waals surface area contributed by atoms with Crippen molar-refractivity contribution in [2.24, 2.45) is 0 Å². The molecule has 0 atom stereocenters. The van der Waals surface area contributed by atoms with E-state index in [4.69, 9.17) is 3.87 Å². The Balaban J connectivity index is -0.0000000646. The van der Waals surface area contributed by atoms with E-state index in [1.165, 1.54) is 6.04 Å². The van der Waals surface area contributed by atoms with Crippen LogP contribution in [0.3, 0.4) is 0 Å². The van der Waals surface area contributed by atoms with Crippen molar-refractivity contribution in [2.45, 2.75) is 19.5 Å². The van der Waals surface area contributed by atoms with Gasteiger partial charge in [-0.25, -0.2) is 0 Å². The molecule has 0 aliphatic carbocycles. The second-order valence-electron chi connectivity index (χ2n) is 1.21. The Morgan fingerprint density at radius 3 is 1.89 bits per heavy atom. The van der Waals surface area contributed by atoms with E-state index < -0.39 is 0 Å². The van der Waals surface area contributed by atoms with Crippen LogP contribution in [0.25, 0.3) is 0 Å². The fourth-order valence-electron chi connectivity index (χ4n) is 0. The van der Waals surface area contributed by atoms with E-state index in [-0.39, 0.29) is 0 Å². The van der Waals surface area contributed by atoms with Crippen LogP contribution in [-0.4, -0.2) is 9.52 Å². The topological polar surface area (TPSA) is 17.1 Å². The summed E-state index contributed by atoms with van der Waals surface area (Å²) in [5, 5.41) is 0. The van der Waals surface area contributed by atoms with Gasteiger partial charge < -0.3 is 13.0 Å². The first-order chi connectivity index (χ1) is 4.33. The van der Waals surface area contributed by atoms with Crippen molar-refractivity contribution >= 4 is 9.52 Å². The van der Waals surface area contributed by atoms with E-state index in [0.717, 1.165) is 0 Å². The van der Waals surface area contributed by atoms with Crippen molar-refractivity contribution in [2.75, 3.05) is 0 Å². The monoisotopic (exact) mass is 189 g/mol. The quantitative estimate of drug-likeness (QED) is 0.449. The first-order valence-corrected chi connectivity index (χ1v) is 5.54. The fraction of sp³-hybridized carbons (Fsp3) is 0.500. The van der Waals surface area contributed by atoms with Gasteiger partial charge in [-0.1, -0.05) is 6.55 Å². The Labute approximate surface area is 68.5 Å². The first-order valence-electron chi connectivity index (χ1n) is 2.70. The zero-order chi connectivity index (χ0) is 8.12. The van der Waals surface area contributed by atoms with Gasteiger partial charge in [-0.05, 0) is 9.52 Å². The van der Waals surface area contributed by atoms with Gasteiger partial charge in [-0.15, -0.1) is 0 Å². The van der Waals surface area contributed by atoms with Crippen LogP contribution in [-0.2, 0) is 19.5 Å². The molecule has 0 aromatic heterocycles. The standard InChI is InChI=1S/C3H9Si.C3H5.Co.O/c1-3-4-2;1-3-2;;/h1,3-4H2,2H3;1H2,2H3;;/q2*-1;;. The molecule has 0 aromatic carbocycles. The molecule has 0 bridgehead atoms. The third-order valence-electron chi connectivity index (χ3n) is 0.354. The van der Waals surface area contributed by atoms with E-state index in [9.17, 15) is 0 Å². The minimum atomic E-state index is 0.313. The average molecular weight is 189 g/mol. The van der Waals surface area contributed by atoms with Crippen molar-refractivity contribution in [1.29, 1.82) is 0 Å². The Bertz CT molecular complexity index is 40.0. The third kappa shape index (κ3) is 203. The average Bonchev–Trinajstić information content (AvgIpc) is 1.94. The van der Waals surface area contributed by atoms with Gasteiger partial charge in [0.2, 0.25) is 0 Å². The molecule has 0 unspecified atom stereocenters. The zero-order valence-electron chi connectivity index (χ0n) is 6.07. The number of hydrogen-bond acceptors (Lipinski definition) is 1. The molecule has 0 fully saturated rings. The van der Waals surface area contributed by atoms with Crippen LogP contribution in [0.15, 0.2) is 6.58 Å². The Hall–Kier alpha value is 0.263. The predicted molar refractivity (Wildman–Crippen MR) is 39.8 cm³/mol. The van der Waals surface area contributed by atoms with Gasteiger partial charge in [0.15, 0.2) is 0 Å². The fourth-order valence-corrected chi connectivity index (χ4v) is 0. The van der Waals surface area contributed by atoms with Gasteiger partial charge >= 0.3 is 19.5 Å². The summed E-state index contributed by atoms with van der Waals surface area (Å²) in [6, 6.07) is 1.21. The molecule has 0 saturated carbocycles. The second kappa shape index (κ2) is 40.9. The summed E-state index contributed by atoms with van der Waals surface area (Å²) in [7, 11) is 0.313. The van der Waals surface area contributed by atoms with Gasteiger partial charge in [0.1, 0.15) is 0 Å². The molecule has 9 heavy (non-hydrogen) atoms. The van der Waals surface area contributed by atoms with Crippen LogP contribution in [0.1, 0.15) is 6.92 Å². The van der Waals surface area contributed by atoms with E-state index in [2.05, 4.69) is 41.8 Å². The third-order valence-corrected chi connectivity index (χ3v) is 1.06. The molecule has 0 N–H and O–H groups in total. The molecule has 59 valence electrons. The van der Waals surface area contributed by atoms with E-state index >= 15 is 0 Å². The molecule has 0 aromatic rings. The molecule has 0 saturated heterocycles. The maximum atomic E-state index is 7.94. The van der Waals surface area contributed by atoms with Gasteiger partial charge in [-0.3, -0.25) is 6.58 Å². The van der Waals surface area contributed by atoms with Crippen molar-refractivity contribution in [3.05, 3.63) is 19.6 Å².